The van der Waals surface area contributed by atoms with E-state index in [0.717, 1.165) is 18.5 Å². The number of nitrogens with two attached hydrogens (primary N) is 1. The summed E-state index contributed by atoms with van der Waals surface area (Å²) >= 11 is 6.34. The average molecular weight is 356 g/mol. The maximum atomic E-state index is 13.0. The van der Waals surface area contributed by atoms with Crippen LogP contribution in [0.2, 0.25) is 5.02 Å². The largest absolute Gasteiger partial charge is 0.440 e. The minimum absolute atomic E-state index is 0.00983. The molecule has 0 saturated heterocycles. The van der Waals surface area contributed by atoms with E-state index >= 15 is 0 Å². The number of ether oxygens (including phenoxy) is 1. The van der Waals surface area contributed by atoms with Crippen LogP contribution in [0.1, 0.15) is 36.1 Å². The molecule has 25 heavy (non-hydrogen) atoms. The summed E-state index contributed by atoms with van der Waals surface area (Å²) in [5.74, 6) is -0.236. The van der Waals surface area contributed by atoms with Gasteiger partial charge in [0.15, 0.2) is 0 Å². The number of nitrogens with zero attached hydrogens (tertiary/aromatic N) is 2. The van der Waals surface area contributed by atoms with Gasteiger partial charge >= 0.3 is 0 Å². The van der Waals surface area contributed by atoms with E-state index in [-0.39, 0.29) is 17.0 Å². The van der Waals surface area contributed by atoms with Gasteiger partial charge in [0, 0.05) is 23.8 Å². The van der Waals surface area contributed by atoms with E-state index in [2.05, 4.69) is 6.07 Å². The molecule has 0 bridgehead atoms. The van der Waals surface area contributed by atoms with Gasteiger partial charge in [-0.05, 0) is 18.1 Å². The maximum Gasteiger partial charge on any atom is 0.258 e. The zero-order valence-corrected chi connectivity index (χ0v) is 14.8. The summed E-state index contributed by atoms with van der Waals surface area (Å²) in [5, 5.41) is 10.1. The van der Waals surface area contributed by atoms with Crippen LogP contribution < -0.4 is 16.0 Å². The van der Waals surface area contributed by atoms with Crippen LogP contribution in [0.15, 0.2) is 46.6 Å². The van der Waals surface area contributed by atoms with Gasteiger partial charge in [-0.3, -0.25) is 4.79 Å². The number of fused-ring (bicyclic) bond motifs is 1. The minimum atomic E-state index is -0.642. The molecule has 1 aliphatic rings. The number of nitriles is 1. The Morgan fingerprint density at radius 1 is 1.40 bits per heavy atom. The minimum Gasteiger partial charge on any atom is -0.440 e. The van der Waals surface area contributed by atoms with Crippen molar-refractivity contribution in [3.63, 3.8) is 0 Å². The molecular weight excluding hydrogens is 338 g/mol. The van der Waals surface area contributed by atoms with Crippen molar-refractivity contribution < 1.29 is 4.74 Å². The normalized spacial score (nSPS) is 16.2. The number of hydrogen-bond donors (Lipinski definition) is 1. The molecule has 1 aliphatic heterocycles. The first-order chi connectivity index (χ1) is 12.0. The Hall–Kier alpha value is -2.71. The third kappa shape index (κ3) is 2.79. The van der Waals surface area contributed by atoms with E-state index in [1.807, 2.05) is 19.1 Å². The highest BCUT2D eigenvalue weighted by molar-refractivity contribution is 6.31. The van der Waals surface area contributed by atoms with Gasteiger partial charge in [-0.1, -0.05) is 43.1 Å². The Bertz CT molecular complexity index is 970. The molecule has 3 rings (SSSR count). The predicted molar refractivity (Wildman–Crippen MR) is 96.4 cm³/mol. The first kappa shape index (κ1) is 17.1. The zero-order valence-electron chi connectivity index (χ0n) is 14.0. The molecule has 5 nitrogen and oxygen atoms in total. The van der Waals surface area contributed by atoms with Gasteiger partial charge in [-0.25, -0.2) is 0 Å². The summed E-state index contributed by atoms with van der Waals surface area (Å²) in [4.78, 5) is 13.0. The van der Waals surface area contributed by atoms with E-state index < -0.39 is 5.92 Å². The van der Waals surface area contributed by atoms with Crippen molar-refractivity contribution in [2.45, 2.75) is 25.7 Å². The number of rotatable bonds is 3. The Morgan fingerprint density at radius 3 is 2.76 bits per heavy atom. The number of hydrogen-bond acceptors (Lipinski definition) is 4. The van der Waals surface area contributed by atoms with Crippen LogP contribution >= 0.6 is 11.6 Å². The lowest BCUT2D eigenvalue weighted by Gasteiger charge is -2.27. The second-order valence-corrected chi connectivity index (χ2v) is 6.38. The van der Waals surface area contributed by atoms with Gasteiger partial charge < -0.3 is 15.0 Å². The summed E-state index contributed by atoms with van der Waals surface area (Å²) in [6, 6.07) is 11.0. The van der Waals surface area contributed by atoms with Crippen LogP contribution in [0, 0.1) is 11.3 Å². The summed E-state index contributed by atoms with van der Waals surface area (Å²) in [5.41, 5.74) is 7.88. The number of allylic oxidation sites excluding steroid dienone is 1. The van der Waals surface area contributed by atoms with E-state index in [1.54, 1.807) is 29.8 Å². The highest BCUT2D eigenvalue weighted by Gasteiger charge is 2.35. The van der Waals surface area contributed by atoms with Crippen molar-refractivity contribution >= 4 is 11.6 Å². The summed E-state index contributed by atoms with van der Waals surface area (Å²) in [6.45, 7) is 2.04. The van der Waals surface area contributed by atoms with Crippen molar-refractivity contribution in [3.8, 4) is 11.8 Å². The monoisotopic (exact) mass is 355 g/mol. The van der Waals surface area contributed by atoms with E-state index in [1.165, 1.54) is 0 Å². The molecule has 2 heterocycles. The molecule has 2 N–H and O–H groups in total. The molecule has 2 aromatic rings. The van der Waals surface area contributed by atoms with Gasteiger partial charge in [-0.2, -0.15) is 5.26 Å². The lowest BCUT2D eigenvalue weighted by atomic mass is 9.84. The smallest absolute Gasteiger partial charge is 0.258 e. The first-order valence-electron chi connectivity index (χ1n) is 8.04. The number of aryl methyl sites for hydroxylation is 1. The molecule has 1 aromatic carbocycles. The van der Waals surface area contributed by atoms with Crippen molar-refractivity contribution in [1.29, 1.82) is 5.26 Å². The lowest BCUT2D eigenvalue weighted by molar-refractivity contribution is 0.389. The molecule has 0 radical (unpaired) electrons. The molecule has 6 heteroatoms. The second-order valence-electron chi connectivity index (χ2n) is 5.97. The highest BCUT2D eigenvalue weighted by Crippen LogP contribution is 2.42. The fraction of sp³-hybridized carbons (Fsp3) is 0.263. The summed E-state index contributed by atoms with van der Waals surface area (Å²) in [6.07, 6.45) is 1.64. The van der Waals surface area contributed by atoms with Crippen LogP contribution in [0.3, 0.4) is 0 Å². The van der Waals surface area contributed by atoms with Gasteiger partial charge in [0.05, 0.1) is 11.5 Å². The number of aromatic nitrogens is 1. The average Bonchev–Trinajstić information content (AvgIpc) is 2.59. The summed E-state index contributed by atoms with van der Waals surface area (Å²) < 4.78 is 7.23. The van der Waals surface area contributed by atoms with E-state index in [9.17, 15) is 10.1 Å². The van der Waals surface area contributed by atoms with E-state index in [4.69, 9.17) is 22.1 Å². The third-order valence-electron chi connectivity index (χ3n) is 4.43. The Kier molecular flexibility index (Phi) is 4.56. The highest BCUT2D eigenvalue weighted by atomic mass is 35.5. The van der Waals surface area contributed by atoms with Crippen molar-refractivity contribution in [2.24, 2.45) is 12.8 Å². The molecular formula is C19H18ClN3O2. The van der Waals surface area contributed by atoms with E-state index in [0.29, 0.717) is 21.9 Å². The number of halogens is 1. The van der Waals surface area contributed by atoms with Crippen LogP contribution in [0.4, 0.5) is 0 Å². The Morgan fingerprint density at radius 2 is 2.12 bits per heavy atom. The molecule has 0 fully saturated rings. The Labute approximate surface area is 150 Å². The van der Waals surface area contributed by atoms with Crippen molar-refractivity contribution in [3.05, 3.63) is 74.0 Å². The predicted octanol–water partition coefficient (Wildman–Crippen LogP) is 3.21. The van der Waals surface area contributed by atoms with Crippen molar-refractivity contribution in [2.75, 3.05) is 0 Å². The molecule has 1 aromatic heterocycles. The van der Waals surface area contributed by atoms with Gasteiger partial charge in [0.25, 0.3) is 5.56 Å². The molecule has 0 spiro atoms. The van der Waals surface area contributed by atoms with Gasteiger partial charge in [0.2, 0.25) is 5.88 Å². The summed E-state index contributed by atoms with van der Waals surface area (Å²) in [7, 11) is 1.73. The second kappa shape index (κ2) is 6.66. The van der Waals surface area contributed by atoms with Crippen LogP contribution in [-0.4, -0.2) is 4.57 Å². The van der Waals surface area contributed by atoms with Crippen LogP contribution in [-0.2, 0) is 13.5 Å². The number of benzene rings is 1. The third-order valence-corrected chi connectivity index (χ3v) is 4.78. The van der Waals surface area contributed by atoms with Gasteiger partial charge in [0.1, 0.15) is 17.4 Å². The van der Waals surface area contributed by atoms with Crippen LogP contribution in [0.25, 0.3) is 0 Å². The lowest BCUT2D eigenvalue weighted by Crippen LogP contribution is -2.32. The topological polar surface area (TPSA) is 81.0 Å². The molecule has 0 saturated carbocycles. The molecule has 1 unspecified atom stereocenters. The molecule has 1 atom stereocenters. The fourth-order valence-electron chi connectivity index (χ4n) is 3.19. The zero-order chi connectivity index (χ0) is 18.1. The first-order valence-corrected chi connectivity index (χ1v) is 8.42. The molecule has 0 aliphatic carbocycles. The van der Waals surface area contributed by atoms with Gasteiger partial charge in [-0.15, -0.1) is 0 Å². The fourth-order valence-corrected chi connectivity index (χ4v) is 3.43. The molecule has 0 amide bonds. The maximum absolute atomic E-state index is 13.0. The Balaban J connectivity index is 2.33. The SMILES string of the molecule is CCCc1cc2c(c(=O)n1C)C(c1ccccc1Cl)C(C#N)=C(N)O2. The number of pyridine rings is 1. The van der Waals surface area contributed by atoms with Crippen molar-refractivity contribution in [1.82, 2.24) is 4.57 Å². The standard InChI is InChI=1S/C19H18ClN3O2/c1-3-6-11-9-15-17(19(24)23(11)2)16(13(10-21)18(22)25-15)12-7-4-5-8-14(12)20/h4-5,7-9,16H,3,6,22H2,1-2H3. The molecule has 128 valence electrons. The quantitative estimate of drug-likeness (QED) is 0.916. The van der Waals surface area contributed by atoms with Crippen LogP contribution in [0.5, 0.6) is 5.75 Å².